The quantitative estimate of drug-likeness (QED) is 0.508. The summed E-state index contributed by atoms with van der Waals surface area (Å²) >= 11 is 1.80. The second-order valence-electron chi connectivity index (χ2n) is 1.41. The van der Waals surface area contributed by atoms with Gasteiger partial charge in [0.15, 0.2) is 0 Å². The van der Waals surface area contributed by atoms with E-state index in [4.69, 9.17) is 11.7 Å². The fourth-order valence-electron chi connectivity index (χ4n) is 0.543. The van der Waals surface area contributed by atoms with Crippen molar-refractivity contribution in [2.75, 3.05) is 12.4 Å². The summed E-state index contributed by atoms with van der Waals surface area (Å²) in [6.07, 6.45) is 0.657. The molecule has 0 amide bonds. The molecule has 40 valence electrons. The van der Waals surface area contributed by atoms with Gasteiger partial charge in [-0.05, 0) is 13.3 Å². The minimum Gasteiger partial charge on any atom is -0.367 e. The molecule has 2 heteroatoms. The van der Waals surface area contributed by atoms with Crippen LogP contribution in [0.15, 0.2) is 0 Å². The summed E-state index contributed by atoms with van der Waals surface area (Å²) in [5.41, 5.74) is 0.292. The van der Waals surface area contributed by atoms with Gasteiger partial charge in [-0.3, -0.25) is 0 Å². The van der Waals surface area contributed by atoms with Gasteiger partial charge in [0.1, 0.15) is 5.44 Å². The first-order chi connectivity index (χ1) is 3.43. The van der Waals surface area contributed by atoms with E-state index in [2.05, 4.69) is 0 Å². The third-order valence-electron chi connectivity index (χ3n) is 0.883. The predicted molar refractivity (Wildman–Crippen MR) is 31.1 cm³/mol. The average molecular weight is 116 g/mol. The summed E-state index contributed by atoms with van der Waals surface area (Å²) in [5.74, 6) is 1.11. The van der Waals surface area contributed by atoms with E-state index in [1.54, 1.807) is 11.8 Å². The average Bonchev–Trinajstić information content (AvgIpc) is 2.14. The minimum atomic E-state index is 0.292. The zero-order valence-electron chi connectivity index (χ0n) is 4.09. The molecule has 1 fully saturated rings. The van der Waals surface area contributed by atoms with Crippen molar-refractivity contribution in [2.24, 2.45) is 0 Å². The van der Waals surface area contributed by atoms with Gasteiger partial charge in [0.2, 0.25) is 0 Å². The van der Waals surface area contributed by atoms with Crippen molar-refractivity contribution in [1.82, 2.24) is 0 Å². The lowest BCUT2D eigenvalue weighted by Crippen LogP contribution is -1.96. The molecule has 0 saturated carbocycles. The molecule has 2 radical (unpaired) electrons. The Labute approximate surface area is 48.4 Å². The van der Waals surface area contributed by atoms with Gasteiger partial charge in [-0.25, -0.2) is 0 Å². The van der Waals surface area contributed by atoms with Gasteiger partial charge in [-0.1, -0.05) is 0 Å². The fraction of sp³-hybridized carbons (Fsp3) is 0.800. The Balaban J connectivity index is 2.14. The predicted octanol–water partition coefficient (Wildman–Crippen LogP) is 1.18. The van der Waals surface area contributed by atoms with Crippen LogP contribution in [0.1, 0.15) is 6.42 Å². The first kappa shape index (κ1) is 5.45. The maximum absolute atomic E-state index is 5.29. The van der Waals surface area contributed by atoms with Gasteiger partial charge < -0.3 is 4.74 Å². The Morgan fingerprint density at radius 3 is 3.00 bits per heavy atom. The van der Waals surface area contributed by atoms with E-state index >= 15 is 0 Å². The second kappa shape index (κ2) is 2.58. The Morgan fingerprint density at radius 1 is 1.86 bits per heavy atom. The number of rotatable bonds is 1. The Bertz CT molecular complexity index is 50.0. The van der Waals surface area contributed by atoms with Gasteiger partial charge in [0.05, 0.1) is 6.61 Å². The first-order valence-corrected chi connectivity index (χ1v) is 3.41. The highest BCUT2D eigenvalue weighted by Gasteiger charge is 2.12. The number of hydrogen-bond donors (Lipinski definition) is 0. The molecule has 0 aliphatic carbocycles. The molecule has 0 spiro atoms. The molecular formula is C5H8OS. The number of ether oxygens (including phenoxy) is 1. The summed E-state index contributed by atoms with van der Waals surface area (Å²) in [6, 6.07) is 0. The van der Waals surface area contributed by atoms with Crippen LogP contribution in [0, 0.1) is 6.92 Å². The minimum absolute atomic E-state index is 0.292. The van der Waals surface area contributed by atoms with E-state index in [1.807, 2.05) is 0 Å². The molecule has 1 nitrogen and oxygen atoms in total. The van der Waals surface area contributed by atoms with Crippen LogP contribution in [0.2, 0.25) is 0 Å². The molecule has 0 aromatic heterocycles. The van der Waals surface area contributed by atoms with E-state index in [-0.39, 0.29) is 0 Å². The van der Waals surface area contributed by atoms with Crippen LogP contribution in [0.25, 0.3) is 0 Å². The van der Waals surface area contributed by atoms with E-state index in [1.165, 1.54) is 0 Å². The summed E-state index contributed by atoms with van der Waals surface area (Å²) in [7, 11) is 0. The van der Waals surface area contributed by atoms with Crippen LogP contribution in [0.5, 0.6) is 0 Å². The molecule has 1 heterocycles. The van der Waals surface area contributed by atoms with Crippen LogP contribution in [-0.4, -0.2) is 17.8 Å². The van der Waals surface area contributed by atoms with Crippen molar-refractivity contribution >= 4 is 11.8 Å². The highest BCUT2D eigenvalue weighted by atomic mass is 32.2. The lowest BCUT2D eigenvalue weighted by Gasteiger charge is -2.00. The first-order valence-electron chi connectivity index (χ1n) is 2.37. The fourth-order valence-corrected chi connectivity index (χ4v) is 1.33. The highest BCUT2D eigenvalue weighted by molar-refractivity contribution is 7.99. The van der Waals surface area contributed by atoms with Gasteiger partial charge >= 0.3 is 0 Å². The molecule has 1 unspecified atom stereocenters. The van der Waals surface area contributed by atoms with Crippen molar-refractivity contribution in [3.8, 4) is 0 Å². The normalized spacial score (nSPS) is 31.3. The molecule has 1 atom stereocenters. The highest BCUT2D eigenvalue weighted by Crippen LogP contribution is 2.21. The van der Waals surface area contributed by atoms with Crippen molar-refractivity contribution in [2.45, 2.75) is 11.9 Å². The standard InChI is InChI=1S/C5H8OS/c1-2-5-6-3-4-7-5/h1,5H,2-4H2. The molecule has 1 saturated heterocycles. The van der Waals surface area contributed by atoms with E-state index in [9.17, 15) is 0 Å². The summed E-state index contributed by atoms with van der Waals surface area (Å²) in [4.78, 5) is 0. The van der Waals surface area contributed by atoms with Gasteiger partial charge in [0.25, 0.3) is 0 Å². The van der Waals surface area contributed by atoms with Gasteiger partial charge in [-0.15, -0.1) is 11.8 Å². The van der Waals surface area contributed by atoms with Crippen LogP contribution < -0.4 is 0 Å². The molecular weight excluding hydrogens is 108 g/mol. The summed E-state index contributed by atoms with van der Waals surface area (Å²) in [6.45, 7) is 6.17. The molecule has 0 N–H and O–H groups in total. The van der Waals surface area contributed by atoms with Crippen LogP contribution >= 0.6 is 11.8 Å². The van der Waals surface area contributed by atoms with E-state index in [0.717, 1.165) is 12.4 Å². The molecule has 1 aliphatic heterocycles. The lowest BCUT2D eigenvalue weighted by molar-refractivity contribution is 0.145. The van der Waals surface area contributed by atoms with Crippen molar-refractivity contribution in [1.29, 1.82) is 0 Å². The van der Waals surface area contributed by atoms with Gasteiger partial charge in [0, 0.05) is 5.75 Å². The van der Waals surface area contributed by atoms with Crippen molar-refractivity contribution < 1.29 is 4.74 Å². The zero-order valence-corrected chi connectivity index (χ0v) is 4.91. The van der Waals surface area contributed by atoms with Gasteiger partial charge in [-0.2, -0.15) is 0 Å². The Morgan fingerprint density at radius 2 is 2.71 bits per heavy atom. The SMILES string of the molecule is [CH]CC1OCCS1. The lowest BCUT2D eigenvalue weighted by atomic mass is 10.5. The molecule has 0 bridgehead atoms. The maximum Gasteiger partial charge on any atom is 0.103 e. The third-order valence-corrected chi connectivity index (χ3v) is 1.99. The molecule has 1 aliphatic rings. The number of hydrogen-bond acceptors (Lipinski definition) is 2. The molecule has 7 heavy (non-hydrogen) atoms. The largest absolute Gasteiger partial charge is 0.367 e. The Kier molecular flexibility index (Phi) is 2.00. The monoisotopic (exact) mass is 116 g/mol. The zero-order chi connectivity index (χ0) is 5.11. The smallest absolute Gasteiger partial charge is 0.103 e. The summed E-state index contributed by atoms with van der Waals surface area (Å²) in [5, 5.41) is 0. The van der Waals surface area contributed by atoms with Crippen LogP contribution in [0.4, 0.5) is 0 Å². The summed E-state index contributed by atoms with van der Waals surface area (Å²) < 4.78 is 5.14. The van der Waals surface area contributed by atoms with E-state index < -0.39 is 0 Å². The van der Waals surface area contributed by atoms with Crippen molar-refractivity contribution in [3.05, 3.63) is 6.92 Å². The van der Waals surface area contributed by atoms with E-state index in [0.29, 0.717) is 11.9 Å². The maximum atomic E-state index is 5.29. The topological polar surface area (TPSA) is 9.23 Å². The third kappa shape index (κ3) is 1.35. The van der Waals surface area contributed by atoms with Crippen LogP contribution in [0.3, 0.4) is 0 Å². The van der Waals surface area contributed by atoms with Crippen LogP contribution in [-0.2, 0) is 4.74 Å². The van der Waals surface area contributed by atoms with Crippen molar-refractivity contribution in [3.63, 3.8) is 0 Å². The number of thioether (sulfide) groups is 1. The molecule has 0 aromatic carbocycles. The molecule has 0 aromatic rings. The molecule has 1 rings (SSSR count). The second-order valence-corrected chi connectivity index (χ2v) is 2.67. The Hall–Kier alpha value is 0.310.